The Balaban J connectivity index is 2.08. The summed E-state index contributed by atoms with van der Waals surface area (Å²) in [5.41, 5.74) is -0.234. The number of piperidine rings is 1. The number of halogens is 3. The van der Waals surface area contributed by atoms with Crippen LogP contribution in [0.15, 0.2) is 12.4 Å². The third kappa shape index (κ3) is 3.60. The molecule has 0 bridgehead atoms. The Labute approximate surface area is 118 Å². The second kappa shape index (κ2) is 5.84. The van der Waals surface area contributed by atoms with Crippen molar-refractivity contribution in [3.8, 4) is 0 Å². The Hall–Kier alpha value is -1.90. The molecular formula is C12H14F3N3O3. The number of carboxylic acids is 1. The van der Waals surface area contributed by atoms with Gasteiger partial charge < -0.3 is 15.1 Å². The maximum atomic E-state index is 12.5. The van der Waals surface area contributed by atoms with Crippen molar-refractivity contribution in [2.45, 2.75) is 25.1 Å². The molecule has 0 aromatic carbocycles. The molecule has 0 spiro atoms. The van der Waals surface area contributed by atoms with Crippen LogP contribution in [-0.2, 0) is 0 Å². The van der Waals surface area contributed by atoms with Crippen molar-refractivity contribution >= 4 is 11.8 Å². The number of rotatable bonds is 3. The molecule has 0 amide bonds. The fourth-order valence-electron chi connectivity index (χ4n) is 2.34. The van der Waals surface area contributed by atoms with E-state index in [1.807, 2.05) is 0 Å². The number of nitrogens with zero attached hydrogens (tertiary/aromatic N) is 3. The van der Waals surface area contributed by atoms with Gasteiger partial charge in [0.15, 0.2) is 11.8 Å². The number of carboxylic acid groups (broad SMARTS) is 1. The molecule has 1 aliphatic rings. The van der Waals surface area contributed by atoms with E-state index in [0.29, 0.717) is 18.8 Å². The van der Waals surface area contributed by atoms with Gasteiger partial charge in [-0.3, -0.25) is 0 Å². The highest BCUT2D eigenvalue weighted by Crippen LogP contribution is 2.31. The number of hydrogen-bond acceptors (Lipinski definition) is 5. The quantitative estimate of drug-likeness (QED) is 0.876. The monoisotopic (exact) mass is 305 g/mol. The first kappa shape index (κ1) is 15.5. The van der Waals surface area contributed by atoms with Gasteiger partial charge in [0.2, 0.25) is 0 Å². The third-order valence-corrected chi connectivity index (χ3v) is 3.42. The molecule has 6 nitrogen and oxygen atoms in total. The van der Waals surface area contributed by atoms with Gasteiger partial charge in [-0.1, -0.05) is 0 Å². The molecule has 0 saturated carbocycles. The van der Waals surface area contributed by atoms with Crippen LogP contribution in [0.4, 0.5) is 19.0 Å². The van der Waals surface area contributed by atoms with Crippen molar-refractivity contribution in [2.75, 3.05) is 18.0 Å². The van der Waals surface area contributed by atoms with E-state index < -0.39 is 24.2 Å². The van der Waals surface area contributed by atoms with Crippen LogP contribution in [0.3, 0.4) is 0 Å². The molecular weight excluding hydrogens is 291 g/mol. The van der Waals surface area contributed by atoms with E-state index in [-0.39, 0.29) is 18.7 Å². The van der Waals surface area contributed by atoms with E-state index in [1.165, 1.54) is 6.20 Å². The van der Waals surface area contributed by atoms with Crippen LogP contribution in [-0.4, -0.2) is 51.5 Å². The zero-order valence-electron chi connectivity index (χ0n) is 10.9. The number of aromatic nitrogens is 2. The summed E-state index contributed by atoms with van der Waals surface area (Å²) in [5, 5.41) is 18.0. The second-order valence-electron chi connectivity index (χ2n) is 4.90. The number of aromatic carboxylic acids is 1. The number of aliphatic hydroxyl groups is 1. The molecule has 21 heavy (non-hydrogen) atoms. The lowest BCUT2D eigenvalue weighted by Crippen LogP contribution is -2.46. The summed E-state index contributed by atoms with van der Waals surface area (Å²) in [7, 11) is 0. The van der Waals surface area contributed by atoms with Crippen LogP contribution in [0.1, 0.15) is 23.3 Å². The highest BCUT2D eigenvalue weighted by atomic mass is 19.4. The van der Waals surface area contributed by atoms with Crippen molar-refractivity contribution in [1.29, 1.82) is 0 Å². The molecule has 2 heterocycles. The van der Waals surface area contributed by atoms with Crippen LogP contribution in [0.25, 0.3) is 0 Å². The van der Waals surface area contributed by atoms with Gasteiger partial charge in [-0.2, -0.15) is 13.2 Å². The molecule has 116 valence electrons. The van der Waals surface area contributed by atoms with Gasteiger partial charge in [0.05, 0.1) is 12.4 Å². The molecule has 0 aliphatic carbocycles. The smallest absolute Gasteiger partial charge is 0.414 e. The number of aliphatic hydroxyl groups excluding tert-OH is 1. The predicted octanol–water partition coefficient (Wildman–Crippen LogP) is 1.31. The normalized spacial score (nSPS) is 21.1. The van der Waals surface area contributed by atoms with E-state index in [4.69, 9.17) is 5.11 Å². The van der Waals surface area contributed by atoms with E-state index >= 15 is 0 Å². The summed E-state index contributed by atoms with van der Waals surface area (Å²) in [4.78, 5) is 19.8. The van der Waals surface area contributed by atoms with Gasteiger partial charge in [-0.15, -0.1) is 0 Å². The summed E-state index contributed by atoms with van der Waals surface area (Å²) >= 11 is 0. The maximum absolute atomic E-state index is 12.5. The minimum absolute atomic E-state index is 0.00176. The highest BCUT2D eigenvalue weighted by molar-refractivity contribution is 5.84. The predicted molar refractivity (Wildman–Crippen MR) is 66.0 cm³/mol. The minimum Gasteiger partial charge on any atom is -0.476 e. The average molecular weight is 305 g/mol. The van der Waals surface area contributed by atoms with Gasteiger partial charge in [0, 0.05) is 19.0 Å². The SMILES string of the molecule is O=C(O)c1cnc(N2CCCC(C(O)C(F)(F)F)C2)cn1. The standard InChI is InChI=1S/C12H14F3N3O3/c13-12(14,15)10(19)7-2-1-3-18(6-7)9-5-16-8(4-17-9)11(20)21/h4-5,7,10,19H,1-3,6H2,(H,20,21). The zero-order chi connectivity index (χ0) is 15.6. The molecule has 2 atom stereocenters. The van der Waals surface area contributed by atoms with Crippen molar-refractivity contribution in [3.63, 3.8) is 0 Å². The van der Waals surface area contributed by atoms with E-state index in [0.717, 1.165) is 6.20 Å². The van der Waals surface area contributed by atoms with Gasteiger partial charge in [-0.05, 0) is 12.8 Å². The van der Waals surface area contributed by atoms with Gasteiger partial charge in [0.25, 0.3) is 0 Å². The zero-order valence-corrected chi connectivity index (χ0v) is 10.9. The van der Waals surface area contributed by atoms with Gasteiger partial charge in [0.1, 0.15) is 5.82 Å². The number of hydrogen-bond donors (Lipinski definition) is 2. The highest BCUT2D eigenvalue weighted by Gasteiger charge is 2.44. The van der Waals surface area contributed by atoms with Crippen LogP contribution in [0.5, 0.6) is 0 Å². The third-order valence-electron chi connectivity index (χ3n) is 3.42. The van der Waals surface area contributed by atoms with E-state index in [2.05, 4.69) is 9.97 Å². The summed E-state index contributed by atoms with van der Waals surface area (Å²) in [6.07, 6.45) is -3.98. The number of anilines is 1. The Morgan fingerprint density at radius 3 is 2.62 bits per heavy atom. The number of carbonyl (C=O) groups is 1. The molecule has 0 radical (unpaired) electrons. The molecule has 1 aromatic rings. The maximum Gasteiger partial charge on any atom is 0.414 e. The van der Waals surface area contributed by atoms with Crippen molar-refractivity contribution < 1.29 is 28.2 Å². The first-order valence-corrected chi connectivity index (χ1v) is 6.34. The summed E-state index contributed by atoms with van der Waals surface area (Å²) < 4.78 is 37.6. The van der Waals surface area contributed by atoms with Gasteiger partial charge >= 0.3 is 12.1 Å². The second-order valence-corrected chi connectivity index (χ2v) is 4.90. The van der Waals surface area contributed by atoms with E-state index in [9.17, 15) is 23.1 Å². The largest absolute Gasteiger partial charge is 0.476 e. The first-order valence-electron chi connectivity index (χ1n) is 6.34. The molecule has 1 aliphatic heterocycles. The minimum atomic E-state index is -4.65. The molecule has 2 N–H and O–H groups in total. The fourth-order valence-corrected chi connectivity index (χ4v) is 2.34. The van der Waals surface area contributed by atoms with Crippen molar-refractivity contribution in [2.24, 2.45) is 5.92 Å². The molecule has 1 saturated heterocycles. The average Bonchev–Trinajstić information content (AvgIpc) is 2.45. The van der Waals surface area contributed by atoms with Crippen LogP contribution in [0, 0.1) is 5.92 Å². The van der Waals surface area contributed by atoms with Crippen LogP contribution in [0.2, 0.25) is 0 Å². The fraction of sp³-hybridized carbons (Fsp3) is 0.583. The molecule has 2 unspecified atom stereocenters. The Bertz CT molecular complexity index is 507. The molecule has 1 aromatic heterocycles. The van der Waals surface area contributed by atoms with Gasteiger partial charge in [-0.25, -0.2) is 14.8 Å². The summed E-state index contributed by atoms with van der Waals surface area (Å²) in [6, 6.07) is 0. The Morgan fingerprint density at radius 1 is 1.38 bits per heavy atom. The van der Waals surface area contributed by atoms with E-state index in [1.54, 1.807) is 4.90 Å². The van der Waals surface area contributed by atoms with Crippen molar-refractivity contribution in [3.05, 3.63) is 18.1 Å². The lowest BCUT2D eigenvalue weighted by Gasteiger charge is -2.36. The topological polar surface area (TPSA) is 86.5 Å². The molecule has 9 heteroatoms. The first-order chi connectivity index (χ1) is 9.79. The van der Waals surface area contributed by atoms with Crippen molar-refractivity contribution in [1.82, 2.24) is 9.97 Å². The van der Waals surface area contributed by atoms with Crippen LogP contribution >= 0.6 is 0 Å². The molecule has 2 rings (SSSR count). The Morgan fingerprint density at radius 2 is 2.10 bits per heavy atom. The lowest BCUT2D eigenvalue weighted by atomic mass is 9.92. The Kier molecular flexibility index (Phi) is 4.31. The lowest BCUT2D eigenvalue weighted by molar-refractivity contribution is -0.219. The molecule has 1 fully saturated rings. The van der Waals surface area contributed by atoms with Crippen LogP contribution < -0.4 is 4.90 Å². The summed E-state index contributed by atoms with van der Waals surface area (Å²) in [5.74, 6) is -1.85. The summed E-state index contributed by atoms with van der Waals surface area (Å²) in [6.45, 7) is 0.490. The number of alkyl halides is 3.